The van der Waals surface area contributed by atoms with Gasteiger partial charge in [-0.05, 0) is 23.9 Å². The number of anilines is 2. The van der Waals surface area contributed by atoms with Gasteiger partial charge in [0.05, 0.1) is 10.6 Å². The minimum Gasteiger partial charge on any atom is -0.351 e. The van der Waals surface area contributed by atoms with Crippen LogP contribution >= 0.6 is 23.1 Å². The number of rotatable bonds is 8. The van der Waals surface area contributed by atoms with Gasteiger partial charge in [0, 0.05) is 13.5 Å². The second-order valence-electron chi connectivity index (χ2n) is 6.76. The van der Waals surface area contributed by atoms with E-state index in [0.29, 0.717) is 11.4 Å². The lowest BCUT2D eigenvalue weighted by Crippen LogP contribution is -2.26. The fourth-order valence-electron chi connectivity index (χ4n) is 2.57. The number of benzene rings is 1. The maximum absolute atomic E-state index is 12.6. The smallest absolute Gasteiger partial charge is 0.277 e. The SMILES string of the molecule is CC(=O)Nc1nc(SCC(=O)NCc2ccc(C)cc2)[nH]c(=O)c1NC(=O)c1cccs1. The first-order valence-electron chi connectivity index (χ1n) is 9.53. The molecule has 3 aromatic rings. The van der Waals surface area contributed by atoms with Crippen molar-refractivity contribution in [1.29, 1.82) is 0 Å². The van der Waals surface area contributed by atoms with E-state index in [1.165, 1.54) is 18.3 Å². The van der Waals surface area contributed by atoms with Crippen molar-refractivity contribution in [3.05, 3.63) is 68.1 Å². The molecule has 0 aliphatic rings. The van der Waals surface area contributed by atoms with Crippen molar-refractivity contribution < 1.29 is 14.4 Å². The number of aromatic nitrogens is 2. The summed E-state index contributed by atoms with van der Waals surface area (Å²) >= 11 is 2.22. The number of nitrogens with one attached hydrogen (secondary N) is 4. The maximum Gasteiger partial charge on any atom is 0.277 e. The fraction of sp³-hybridized carbons (Fsp3) is 0.190. The lowest BCUT2D eigenvalue weighted by molar-refractivity contribution is -0.118. The van der Waals surface area contributed by atoms with Crippen LogP contribution in [0.15, 0.2) is 51.7 Å². The number of hydrogen-bond acceptors (Lipinski definition) is 7. The first-order valence-corrected chi connectivity index (χ1v) is 11.4. The second-order valence-corrected chi connectivity index (χ2v) is 8.67. The molecule has 0 aliphatic carbocycles. The number of H-pyrrole nitrogens is 1. The van der Waals surface area contributed by atoms with Gasteiger partial charge in [0.1, 0.15) is 0 Å². The summed E-state index contributed by atoms with van der Waals surface area (Å²) in [7, 11) is 0. The Morgan fingerprint density at radius 2 is 1.88 bits per heavy atom. The van der Waals surface area contributed by atoms with Crippen molar-refractivity contribution in [3.8, 4) is 0 Å². The van der Waals surface area contributed by atoms with E-state index in [1.54, 1.807) is 17.5 Å². The molecule has 0 bridgehead atoms. The molecule has 0 unspecified atom stereocenters. The molecule has 11 heteroatoms. The molecule has 0 saturated heterocycles. The number of thiophene rings is 1. The Hall–Kier alpha value is -3.44. The van der Waals surface area contributed by atoms with Crippen molar-refractivity contribution in [2.24, 2.45) is 0 Å². The van der Waals surface area contributed by atoms with Gasteiger partial charge in [0.25, 0.3) is 11.5 Å². The number of hydrogen-bond donors (Lipinski definition) is 4. The molecule has 0 spiro atoms. The molecule has 0 aliphatic heterocycles. The molecule has 0 saturated carbocycles. The van der Waals surface area contributed by atoms with E-state index in [-0.39, 0.29) is 28.3 Å². The number of nitrogens with zero attached hydrogens (tertiary/aromatic N) is 1. The van der Waals surface area contributed by atoms with Crippen LogP contribution in [0.4, 0.5) is 11.5 Å². The van der Waals surface area contributed by atoms with E-state index < -0.39 is 17.4 Å². The predicted molar refractivity (Wildman–Crippen MR) is 125 cm³/mol. The van der Waals surface area contributed by atoms with Crippen LogP contribution in [0.25, 0.3) is 0 Å². The van der Waals surface area contributed by atoms with Crippen LogP contribution in [-0.4, -0.2) is 33.4 Å². The summed E-state index contributed by atoms with van der Waals surface area (Å²) in [6.07, 6.45) is 0. The number of carbonyl (C=O) groups excluding carboxylic acids is 3. The summed E-state index contributed by atoms with van der Waals surface area (Å²) in [6.45, 7) is 3.63. The third-order valence-electron chi connectivity index (χ3n) is 4.13. The largest absolute Gasteiger partial charge is 0.351 e. The molecule has 1 aromatic carbocycles. The number of carbonyl (C=O) groups is 3. The van der Waals surface area contributed by atoms with Crippen molar-refractivity contribution >= 4 is 52.3 Å². The predicted octanol–water partition coefficient (Wildman–Crippen LogP) is 2.76. The van der Waals surface area contributed by atoms with E-state index in [2.05, 4.69) is 25.9 Å². The number of aryl methyl sites for hydroxylation is 1. The zero-order chi connectivity index (χ0) is 23.1. The van der Waals surface area contributed by atoms with Crippen molar-refractivity contribution in [1.82, 2.24) is 15.3 Å². The highest BCUT2D eigenvalue weighted by Gasteiger charge is 2.18. The van der Waals surface area contributed by atoms with Crippen LogP contribution < -0.4 is 21.5 Å². The first-order chi connectivity index (χ1) is 15.3. The Kier molecular flexibility index (Phi) is 7.79. The normalized spacial score (nSPS) is 10.4. The Morgan fingerprint density at radius 3 is 2.53 bits per heavy atom. The Bertz CT molecular complexity index is 1170. The minimum absolute atomic E-state index is 0.00914. The summed E-state index contributed by atoms with van der Waals surface area (Å²) < 4.78 is 0. The lowest BCUT2D eigenvalue weighted by Gasteiger charge is -2.11. The average molecular weight is 472 g/mol. The van der Waals surface area contributed by atoms with Gasteiger partial charge < -0.3 is 16.0 Å². The van der Waals surface area contributed by atoms with Gasteiger partial charge in [-0.2, -0.15) is 0 Å². The molecule has 166 valence electrons. The minimum atomic E-state index is -0.642. The Morgan fingerprint density at radius 1 is 1.12 bits per heavy atom. The Labute approximate surface area is 192 Å². The molecule has 0 fully saturated rings. The van der Waals surface area contributed by atoms with Gasteiger partial charge >= 0.3 is 0 Å². The first kappa shape index (κ1) is 23.2. The van der Waals surface area contributed by atoms with Crippen LogP contribution in [0.2, 0.25) is 0 Å². The number of thioether (sulfide) groups is 1. The molecule has 3 rings (SSSR count). The molecule has 2 aromatic heterocycles. The highest BCUT2D eigenvalue weighted by atomic mass is 32.2. The molecular formula is C21H21N5O4S2. The van der Waals surface area contributed by atoms with Crippen LogP contribution in [-0.2, 0) is 16.1 Å². The average Bonchev–Trinajstić information content (AvgIpc) is 3.29. The summed E-state index contributed by atoms with van der Waals surface area (Å²) in [4.78, 5) is 55.7. The number of amides is 3. The summed E-state index contributed by atoms with van der Waals surface area (Å²) in [5, 5.41) is 9.60. The highest BCUT2D eigenvalue weighted by Crippen LogP contribution is 2.20. The lowest BCUT2D eigenvalue weighted by atomic mass is 10.1. The van der Waals surface area contributed by atoms with E-state index >= 15 is 0 Å². The van der Waals surface area contributed by atoms with Crippen molar-refractivity contribution in [2.75, 3.05) is 16.4 Å². The van der Waals surface area contributed by atoms with Gasteiger partial charge in [-0.1, -0.05) is 47.7 Å². The van der Waals surface area contributed by atoms with Crippen LogP contribution in [0.3, 0.4) is 0 Å². The molecule has 32 heavy (non-hydrogen) atoms. The van der Waals surface area contributed by atoms with Crippen molar-refractivity contribution in [2.45, 2.75) is 25.5 Å². The second kappa shape index (κ2) is 10.7. The molecule has 3 amide bonds. The monoisotopic (exact) mass is 471 g/mol. The summed E-state index contributed by atoms with van der Waals surface area (Å²) in [5.74, 6) is -1.27. The van der Waals surface area contributed by atoms with Gasteiger partial charge in [0.15, 0.2) is 16.7 Å². The summed E-state index contributed by atoms with van der Waals surface area (Å²) in [6, 6.07) is 11.1. The topological polar surface area (TPSA) is 133 Å². The molecule has 2 heterocycles. The third-order valence-corrected chi connectivity index (χ3v) is 5.87. The van der Waals surface area contributed by atoms with E-state index in [1.807, 2.05) is 31.2 Å². The van der Waals surface area contributed by atoms with E-state index in [0.717, 1.165) is 22.9 Å². The fourth-order valence-corrected chi connectivity index (χ4v) is 3.88. The van der Waals surface area contributed by atoms with Crippen molar-refractivity contribution in [3.63, 3.8) is 0 Å². The van der Waals surface area contributed by atoms with E-state index in [4.69, 9.17) is 0 Å². The van der Waals surface area contributed by atoms with Crippen LogP contribution in [0.5, 0.6) is 0 Å². The Balaban J connectivity index is 1.67. The van der Waals surface area contributed by atoms with Gasteiger partial charge in [-0.25, -0.2) is 4.98 Å². The molecule has 4 N–H and O–H groups in total. The van der Waals surface area contributed by atoms with Gasteiger partial charge in [0.2, 0.25) is 11.8 Å². The zero-order valence-corrected chi connectivity index (χ0v) is 19.0. The quantitative estimate of drug-likeness (QED) is 0.295. The third kappa shape index (κ3) is 6.53. The van der Waals surface area contributed by atoms with Crippen LogP contribution in [0.1, 0.15) is 27.7 Å². The molecular weight excluding hydrogens is 450 g/mol. The number of aromatic amines is 1. The van der Waals surface area contributed by atoms with Gasteiger partial charge in [-0.15, -0.1) is 11.3 Å². The highest BCUT2D eigenvalue weighted by molar-refractivity contribution is 7.99. The molecule has 0 radical (unpaired) electrons. The standard InChI is InChI=1S/C21H21N5O4S2/c1-12-5-7-14(8-6-12)10-22-16(28)11-32-21-25-18(23-13(2)27)17(20(30)26-21)24-19(29)15-4-3-9-31-15/h3-9H,10-11H2,1-2H3,(H,22,28)(H,24,29)(H2,23,25,26,27,30). The maximum atomic E-state index is 12.6. The van der Waals surface area contributed by atoms with E-state index in [9.17, 15) is 19.2 Å². The zero-order valence-electron chi connectivity index (χ0n) is 17.4. The molecule has 0 atom stereocenters. The molecule has 9 nitrogen and oxygen atoms in total. The van der Waals surface area contributed by atoms with Crippen LogP contribution in [0, 0.1) is 6.92 Å². The summed E-state index contributed by atoms with van der Waals surface area (Å²) in [5.41, 5.74) is 1.29. The van der Waals surface area contributed by atoms with Gasteiger partial charge in [-0.3, -0.25) is 24.2 Å².